The Morgan fingerprint density at radius 2 is 2.47 bits per heavy atom. The number of hydrogen-bond donors (Lipinski definition) is 0. The second kappa shape index (κ2) is 4.31. The van der Waals surface area contributed by atoms with Gasteiger partial charge in [-0.05, 0) is 24.0 Å². The number of aromatic nitrogens is 1. The van der Waals surface area contributed by atoms with Crippen molar-refractivity contribution in [3.8, 4) is 0 Å². The van der Waals surface area contributed by atoms with Crippen LogP contribution in [0.15, 0.2) is 18.3 Å². The van der Waals surface area contributed by atoms with Crippen molar-refractivity contribution in [3.63, 3.8) is 0 Å². The third-order valence-electron chi connectivity index (χ3n) is 2.71. The van der Waals surface area contributed by atoms with Crippen molar-refractivity contribution in [3.05, 3.63) is 29.6 Å². The van der Waals surface area contributed by atoms with E-state index in [1.165, 1.54) is 7.11 Å². The van der Waals surface area contributed by atoms with E-state index in [9.17, 15) is 4.79 Å². The standard InChI is InChI=1S/C11H12BrNO2/c1-15-11(14)10-4-9(10)7-2-3-8(5-12)13-6-7/h2-3,6,9-10H,4-5H2,1H3. The van der Waals surface area contributed by atoms with Crippen LogP contribution in [0.5, 0.6) is 0 Å². The molecule has 0 radical (unpaired) electrons. The van der Waals surface area contributed by atoms with Gasteiger partial charge in [0.15, 0.2) is 0 Å². The zero-order chi connectivity index (χ0) is 10.8. The number of esters is 1. The summed E-state index contributed by atoms with van der Waals surface area (Å²) in [6.45, 7) is 0. The van der Waals surface area contributed by atoms with Crippen molar-refractivity contribution in [2.45, 2.75) is 17.7 Å². The molecule has 1 aromatic heterocycles. The number of carbonyl (C=O) groups is 1. The molecular weight excluding hydrogens is 258 g/mol. The lowest BCUT2D eigenvalue weighted by molar-refractivity contribution is -0.142. The van der Waals surface area contributed by atoms with Gasteiger partial charge in [-0.15, -0.1) is 0 Å². The van der Waals surface area contributed by atoms with Gasteiger partial charge in [-0.2, -0.15) is 0 Å². The van der Waals surface area contributed by atoms with E-state index in [0.29, 0.717) is 5.92 Å². The fraction of sp³-hybridized carbons (Fsp3) is 0.455. The van der Waals surface area contributed by atoms with Crippen LogP contribution < -0.4 is 0 Å². The third kappa shape index (κ3) is 2.20. The Kier molecular flexibility index (Phi) is 3.05. The zero-order valence-electron chi connectivity index (χ0n) is 8.44. The predicted octanol–water partition coefficient (Wildman–Crippen LogP) is 2.25. The van der Waals surface area contributed by atoms with Crippen molar-refractivity contribution < 1.29 is 9.53 Å². The van der Waals surface area contributed by atoms with Gasteiger partial charge >= 0.3 is 5.97 Å². The number of hydrogen-bond acceptors (Lipinski definition) is 3. The Bertz CT molecular complexity index is 363. The number of carbonyl (C=O) groups excluding carboxylic acids is 1. The quantitative estimate of drug-likeness (QED) is 0.624. The molecule has 1 aromatic rings. The maximum Gasteiger partial charge on any atom is 0.309 e. The van der Waals surface area contributed by atoms with Crippen molar-refractivity contribution in [1.29, 1.82) is 0 Å². The lowest BCUT2D eigenvalue weighted by atomic mass is 10.1. The van der Waals surface area contributed by atoms with Crippen LogP contribution in [0.2, 0.25) is 0 Å². The minimum absolute atomic E-state index is 0.0478. The Labute approximate surface area is 97.0 Å². The summed E-state index contributed by atoms with van der Waals surface area (Å²) < 4.78 is 4.70. The average molecular weight is 270 g/mol. The zero-order valence-corrected chi connectivity index (χ0v) is 10.0. The lowest BCUT2D eigenvalue weighted by Crippen LogP contribution is -2.04. The van der Waals surface area contributed by atoms with Crippen LogP contribution in [0, 0.1) is 5.92 Å². The van der Waals surface area contributed by atoms with Gasteiger partial charge in [-0.25, -0.2) is 0 Å². The summed E-state index contributed by atoms with van der Waals surface area (Å²) in [5.41, 5.74) is 2.14. The van der Waals surface area contributed by atoms with Crippen LogP contribution >= 0.6 is 15.9 Å². The molecule has 1 heterocycles. The van der Waals surface area contributed by atoms with Gasteiger partial charge in [-0.1, -0.05) is 22.0 Å². The van der Waals surface area contributed by atoms with Gasteiger partial charge in [0, 0.05) is 11.5 Å². The maximum absolute atomic E-state index is 11.2. The molecule has 0 bridgehead atoms. The SMILES string of the molecule is COC(=O)C1CC1c1ccc(CBr)nc1. The fourth-order valence-corrected chi connectivity index (χ4v) is 2.04. The third-order valence-corrected chi connectivity index (χ3v) is 3.28. The van der Waals surface area contributed by atoms with Crippen molar-refractivity contribution in [2.75, 3.05) is 7.11 Å². The summed E-state index contributed by atoms with van der Waals surface area (Å²) in [4.78, 5) is 15.5. The largest absolute Gasteiger partial charge is 0.469 e. The molecule has 0 saturated heterocycles. The highest BCUT2D eigenvalue weighted by molar-refractivity contribution is 9.08. The molecule has 2 rings (SSSR count). The van der Waals surface area contributed by atoms with Crippen LogP contribution in [0.3, 0.4) is 0 Å². The molecule has 1 saturated carbocycles. The summed E-state index contributed by atoms with van der Waals surface area (Å²) in [5, 5.41) is 0.762. The smallest absolute Gasteiger partial charge is 0.309 e. The van der Waals surface area contributed by atoms with Gasteiger partial charge < -0.3 is 4.74 Å². The van der Waals surface area contributed by atoms with Crippen LogP contribution in [0.25, 0.3) is 0 Å². The first-order valence-electron chi connectivity index (χ1n) is 4.85. The number of nitrogens with zero attached hydrogens (tertiary/aromatic N) is 1. The molecule has 80 valence electrons. The molecule has 2 atom stereocenters. The average Bonchev–Trinajstić information content (AvgIpc) is 3.08. The van der Waals surface area contributed by atoms with E-state index in [-0.39, 0.29) is 11.9 Å². The molecule has 1 fully saturated rings. The minimum Gasteiger partial charge on any atom is -0.469 e. The molecule has 1 aliphatic rings. The molecule has 0 aliphatic heterocycles. The van der Waals surface area contributed by atoms with E-state index in [1.54, 1.807) is 0 Å². The first-order chi connectivity index (χ1) is 7.26. The maximum atomic E-state index is 11.2. The van der Waals surface area contributed by atoms with Gasteiger partial charge in [0.05, 0.1) is 18.7 Å². The molecule has 0 amide bonds. The molecule has 0 N–H and O–H groups in total. The van der Waals surface area contributed by atoms with E-state index >= 15 is 0 Å². The van der Waals surface area contributed by atoms with Gasteiger partial charge in [0.25, 0.3) is 0 Å². The van der Waals surface area contributed by atoms with E-state index in [0.717, 1.165) is 23.0 Å². The van der Waals surface area contributed by atoms with E-state index in [2.05, 4.69) is 20.9 Å². The van der Waals surface area contributed by atoms with Gasteiger partial charge in [0.1, 0.15) is 0 Å². The van der Waals surface area contributed by atoms with E-state index < -0.39 is 0 Å². The number of pyridine rings is 1. The highest BCUT2D eigenvalue weighted by atomic mass is 79.9. The molecule has 0 spiro atoms. The molecule has 0 aromatic carbocycles. The fourth-order valence-electron chi connectivity index (χ4n) is 1.71. The topological polar surface area (TPSA) is 39.2 Å². The summed E-state index contributed by atoms with van der Waals surface area (Å²) in [6.07, 6.45) is 2.74. The number of alkyl halides is 1. The Morgan fingerprint density at radius 3 is 3.00 bits per heavy atom. The van der Waals surface area contributed by atoms with Gasteiger partial charge in [0.2, 0.25) is 0 Å². The summed E-state index contributed by atoms with van der Waals surface area (Å²) in [7, 11) is 1.43. The monoisotopic (exact) mass is 269 g/mol. The Balaban J connectivity index is 2.04. The summed E-state index contributed by atoms with van der Waals surface area (Å²) in [6, 6.07) is 4.02. The first kappa shape index (κ1) is 10.6. The highest BCUT2D eigenvalue weighted by Gasteiger charge is 2.44. The molecule has 15 heavy (non-hydrogen) atoms. The highest BCUT2D eigenvalue weighted by Crippen LogP contribution is 2.47. The van der Waals surface area contributed by atoms with Crippen molar-refractivity contribution >= 4 is 21.9 Å². The van der Waals surface area contributed by atoms with Crippen LogP contribution in [-0.4, -0.2) is 18.1 Å². The Hall–Kier alpha value is -0.900. The molecule has 2 unspecified atom stereocenters. The van der Waals surface area contributed by atoms with Crippen molar-refractivity contribution in [1.82, 2.24) is 4.98 Å². The molecule has 3 nitrogen and oxygen atoms in total. The molecule has 4 heteroatoms. The summed E-state index contributed by atoms with van der Waals surface area (Å²) in [5.74, 6) is 0.255. The lowest BCUT2D eigenvalue weighted by Gasteiger charge is -2.00. The number of halogens is 1. The Morgan fingerprint density at radius 1 is 1.67 bits per heavy atom. The first-order valence-corrected chi connectivity index (χ1v) is 5.97. The van der Waals surface area contributed by atoms with Crippen LogP contribution in [0.4, 0.5) is 0 Å². The number of rotatable bonds is 3. The summed E-state index contributed by atoms with van der Waals surface area (Å²) >= 11 is 3.34. The second-order valence-corrected chi connectivity index (χ2v) is 4.25. The molecular formula is C11H12BrNO2. The van der Waals surface area contributed by atoms with E-state index in [4.69, 9.17) is 4.74 Å². The normalized spacial score (nSPS) is 23.6. The number of ether oxygens (including phenoxy) is 1. The molecule has 1 aliphatic carbocycles. The van der Waals surface area contributed by atoms with Crippen LogP contribution in [-0.2, 0) is 14.9 Å². The number of methoxy groups -OCH3 is 1. The van der Waals surface area contributed by atoms with Crippen molar-refractivity contribution in [2.24, 2.45) is 5.92 Å². The van der Waals surface area contributed by atoms with E-state index in [1.807, 2.05) is 18.3 Å². The van der Waals surface area contributed by atoms with Gasteiger partial charge in [-0.3, -0.25) is 9.78 Å². The second-order valence-electron chi connectivity index (χ2n) is 3.69. The van der Waals surface area contributed by atoms with Crippen LogP contribution in [0.1, 0.15) is 23.6 Å². The minimum atomic E-state index is -0.107. The predicted molar refractivity (Wildman–Crippen MR) is 59.7 cm³/mol.